The minimum atomic E-state index is 0.505. The van der Waals surface area contributed by atoms with Gasteiger partial charge < -0.3 is 15.6 Å². The van der Waals surface area contributed by atoms with Crippen molar-refractivity contribution in [3.8, 4) is 11.4 Å². The lowest BCUT2D eigenvalue weighted by Gasteiger charge is -2.27. The number of rotatable bonds is 5. The van der Waals surface area contributed by atoms with Gasteiger partial charge in [-0.3, -0.25) is 0 Å². The molecule has 0 atom stereocenters. The predicted octanol–water partition coefficient (Wildman–Crippen LogP) is 2.85. The van der Waals surface area contributed by atoms with Crippen LogP contribution in [-0.2, 0) is 0 Å². The SMILES string of the molecule is c1cc2c(NC3CCC3)nc(Nc3ccc(-c4nn[nH]n4)cc3)nc2[nH]1. The number of nitrogens with zero attached hydrogens (tertiary/aromatic N) is 5. The van der Waals surface area contributed by atoms with Gasteiger partial charge in [0.2, 0.25) is 11.8 Å². The average Bonchev–Trinajstić information content (AvgIpc) is 3.30. The zero-order valence-electron chi connectivity index (χ0n) is 13.9. The van der Waals surface area contributed by atoms with Crippen molar-refractivity contribution in [2.75, 3.05) is 10.6 Å². The monoisotopic (exact) mass is 347 g/mol. The van der Waals surface area contributed by atoms with Crippen molar-refractivity contribution in [1.82, 2.24) is 35.6 Å². The first kappa shape index (κ1) is 14.8. The fourth-order valence-corrected chi connectivity index (χ4v) is 2.97. The summed E-state index contributed by atoms with van der Waals surface area (Å²) < 4.78 is 0. The molecule has 4 N–H and O–H groups in total. The molecule has 1 fully saturated rings. The van der Waals surface area contributed by atoms with Gasteiger partial charge in [0, 0.05) is 23.5 Å². The maximum Gasteiger partial charge on any atom is 0.231 e. The number of aromatic nitrogens is 7. The van der Waals surface area contributed by atoms with Gasteiger partial charge in [-0.1, -0.05) is 0 Å². The van der Waals surface area contributed by atoms with Crippen LogP contribution in [0.15, 0.2) is 36.5 Å². The fraction of sp³-hybridized carbons (Fsp3) is 0.235. The van der Waals surface area contributed by atoms with Crippen molar-refractivity contribution in [3.05, 3.63) is 36.5 Å². The first-order valence-electron chi connectivity index (χ1n) is 8.58. The van der Waals surface area contributed by atoms with Crippen molar-refractivity contribution >= 4 is 28.5 Å². The highest BCUT2D eigenvalue weighted by atomic mass is 15.5. The molecule has 0 saturated heterocycles. The van der Waals surface area contributed by atoms with Gasteiger partial charge in [-0.05, 0) is 54.8 Å². The standard InChI is InChI=1S/C17H17N9/c1-2-11(3-1)19-16-13-8-9-18-15(13)21-17(22-16)20-12-6-4-10(5-7-12)14-23-25-26-24-14/h4-9,11H,1-3H2,(H,23,24,25,26)(H3,18,19,20,21,22). The molecule has 3 heterocycles. The van der Waals surface area contributed by atoms with Crippen molar-refractivity contribution < 1.29 is 0 Å². The lowest BCUT2D eigenvalue weighted by atomic mass is 9.93. The molecule has 130 valence electrons. The van der Waals surface area contributed by atoms with Gasteiger partial charge in [0.15, 0.2) is 0 Å². The summed E-state index contributed by atoms with van der Waals surface area (Å²) in [5, 5.41) is 21.8. The lowest BCUT2D eigenvalue weighted by molar-refractivity contribution is 0.445. The van der Waals surface area contributed by atoms with Crippen molar-refractivity contribution in [1.29, 1.82) is 0 Å². The van der Waals surface area contributed by atoms with Gasteiger partial charge in [0.05, 0.1) is 5.39 Å². The Hall–Kier alpha value is -3.49. The van der Waals surface area contributed by atoms with Crippen LogP contribution in [0.2, 0.25) is 0 Å². The molecule has 0 amide bonds. The van der Waals surface area contributed by atoms with E-state index in [9.17, 15) is 0 Å². The van der Waals surface area contributed by atoms with Gasteiger partial charge in [0.1, 0.15) is 11.5 Å². The summed E-state index contributed by atoms with van der Waals surface area (Å²) in [5.41, 5.74) is 2.59. The van der Waals surface area contributed by atoms with E-state index in [2.05, 4.69) is 46.2 Å². The van der Waals surface area contributed by atoms with Crippen LogP contribution in [0, 0.1) is 0 Å². The van der Waals surface area contributed by atoms with Crippen molar-refractivity contribution in [2.45, 2.75) is 25.3 Å². The minimum absolute atomic E-state index is 0.505. The molecule has 3 aromatic heterocycles. The highest BCUT2D eigenvalue weighted by Crippen LogP contribution is 2.28. The quantitative estimate of drug-likeness (QED) is 0.438. The van der Waals surface area contributed by atoms with E-state index in [-0.39, 0.29) is 0 Å². The molecule has 1 saturated carbocycles. The molecule has 5 rings (SSSR count). The topological polar surface area (TPSA) is 120 Å². The maximum atomic E-state index is 4.67. The van der Waals surface area contributed by atoms with E-state index >= 15 is 0 Å². The summed E-state index contributed by atoms with van der Waals surface area (Å²) in [5.74, 6) is 1.98. The molecule has 26 heavy (non-hydrogen) atoms. The van der Waals surface area contributed by atoms with Crippen LogP contribution < -0.4 is 10.6 Å². The second-order valence-electron chi connectivity index (χ2n) is 6.35. The second-order valence-corrected chi connectivity index (χ2v) is 6.35. The average molecular weight is 347 g/mol. The Bertz CT molecular complexity index is 1020. The molecule has 0 aliphatic heterocycles. The molecule has 0 unspecified atom stereocenters. The van der Waals surface area contributed by atoms with Crippen LogP contribution in [0.5, 0.6) is 0 Å². The van der Waals surface area contributed by atoms with E-state index in [1.165, 1.54) is 19.3 Å². The van der Waals surface area contributed by atoms with Crippen LogP contribution in [0.3, 0.4) is 0 Å². The Kier molecular flexibility index (Phi) is 3.48. The molecule has 1 aliphatic carbocycles. The molecule has 0 spiro atoms. The lowest BCUT2D eigenvalue weighted by Crippen LogP contribution is -2.27. The van der Waals surface area contributed by atoms with Crippen molar-refractivity contribution in [3.63, 3.8) is 0 Å². The van der Waals surface area contributed by atoms with Crippen LogP contribution >= 0.6 is 0 Å². The summed E-state index contributed by atoms with van der Waals surface area (Å²) in [7, 11) is 0. The zero-order valence-corrected chi connectivity index (χ0v) is 13.9. The number of anilines is 3. The van der Waals surface area contributed by atoms with Gasteiger partial charge in [-0.15, -0.1) is 10.2 Å². The summed E-state index contributed by atoms with van der Waals surface area (Å²) in [4.78, 5) is 12.4. The molecule has 1 aromatic carbocycles. The highest BCUT2D eigenvalue weighted by Gasteiger charge is 2.19. The molecular formula is C17H17N9. The number of H-pyrrole nitrogens is 2. The van der Waals surface area contributed by atoms with E-state index in [0.29, 0.717) is 17.8 Å². The molecule has 9 nitrogen and oxygen atoms in total. The number of aromatic amines is 2. The first-order valence-corrected chi connectivity index (χ1v) is 8.58. The van der Waals surface area contributed by atoms with Crippen LogP contribution in [0.25, 0.3) is 22.4 Å². The maximum absolute atomic E-state index is 4.67. The minimum Gasteiger partial charge on any atom is -0.367 e. The largest absolute Gasteiger partial charge is 0.367 e. The van der Waals surface area contributed by atoms with E-state index < -0.39 is 0 Å². The molecule has 1 aliphatic rings. The molecular weight excluding hydrogens is 330 g/mol. The molecule has 4 aromatic rings. The second kappa shape index (κ2) is 6.10. The third kappa shape index (κ3) is 2.73. The Balaban J connectivity index is 1.41. The Morgan fingerprint density at radius 2 is 1.92 bits per heavy atom. The number of benzene rings is 1. The first-order chi connectivity index (χ1) is 12.8. The third-order valence-electron chi connectivity index (χ3n) is 4.61. The zero-order chi connectivity index (χ0) is 17.3. The predicted molar refractivity (Wildman–Crippen MR) is 98.0 cm³/mol. The summed E-state index contributed by atoms with van der Waals surface area (Å²) in [6.07, 6.45) is 5.54. The van der Waals surface area contributed by atoms with Gasteiger partial charge in [-0.25, -0.2) is 0 Å². The smallest absolute Gasteiger partial charge is 0.231 e. The van der Waals surface area contributed by atoms with Crippen molar-refractivity contribution in [2.24, 2.45) is 0 Å². The number of nitrogens with one attached hydrogen (secondary N) is 4. The summed E-state index contributed by atoms with van der Waals surface area (Å²) in [6.45, 7) is 0. The van der Waals surface area contributed by atoms with E-state index in [4.69, 9.17) is 0 Å². The van der Waals surface area contributed by atoms with E-state index in [1.807, 2.05) is 36.5 Å². The molecule has 0 radical (unpaired) electrons. The summed E-state index contributed by atoms with van der Waals surface area (Å²) in [6, 6.07) is 10.2. The number of hydrogen-bond donors (Lipinski definition) is 4. The fourth-order valence-electron chi connectivity index (χ4n) is 2.97. The summed E-state index contributed by atoms with van der Waals surface area (Å²) >= 11 is 0. The Labute approximate surface area is 148 Å². The Morgan fingerprint density at radius 3 is 2.65 bits per heavy atom. The van der Waals surface area contributed by atoms with Gasteiger partial charge in [0.25, 0.3) is 0 Å². The number of tetrazole rings is 1. The Morgan fingerprint density at radius 1 is 1.04 bits per heavy atom. The van der Waals surface area contributed by atoms with Gasteiger partial charge >= 0.3 is 0 Å². The third-order valence-corrected chi connectivity index (χ3v) is 4.61. The van der Waals surface area contributed by atoms with E-state index in [0.717, 1.165) is 28.1 Å². The number of hydrogen-bond acceptors (Lipinski definition) is 7. The number of fused-ring (bicyclic) bond motifs is 1. The normalized spacial score (nSPS) is 14.3. The van der Waals surface area contributed by atoms with E-state index in [1.54, 1.807) is 0 Å². The van der Waals surface area contributed by atoms with Crippen LogP contribution in [-0.4, -0.2) is 41.6 Å². The van der Waals surface area contributed by atoms with Crippen LogP contribution in [0.1, 0.15) is 19.3 Å². The highest BCUT2D eigenvalue weighted by molar-refractivity contribution is 5.88. The van der Waals surface area contributed by atoms with Gasteiger partial charge in [-0.2, -0.15) is 15.2 Å². The molecule has 9 heteroatoms. The van der Waals surface area contributed by atoms with Crippen LogP contribution in [0.4, 0.5) is 17.5 Å². The molecule has 0 bridgehead atoms.